The predicted molar refractivity (Wildman–Crippen MR) is 149 cm³/mol. The van der Waals surface area contributed by atoms with E-state index in [0.717, 1.165) is 41.6 Å². The van der Waals surface area contributed by atoms with Gasteiger partial charge >= 0.3 is 0 Å². The number of nitrogens with one attached hydrogen (secondary N) is 2. The molecule has 212 valence electrons. The summed E-state index contributed by atoms with van der Waals surface area (Å²) in [4.78, 5) is 19.9. The summed E-state index contributed by atoms with van der Waals surface area (Å²) in [5.74, 6) is 0.851. The Morgan fingerprint density at radius 3 is 2.90 bits per heavy atom. The fraction of sp³-hybridized carbons (Fsp3) is 0.536. The van der Waals surface area contributed by atoms with Crippen LogP contribution in [0.3, 0.4) is 0 Å². The quantitative estimate of drug-likeness (QED) is 0.345. The zero-order valence-electron chi connectivity index (χ0n) is 23.6. The highest BCUT2D eigenvalue weighted by molar-refractivity contribution is 5.85. The third-order valence-corrected chi connectivity index (χ3v) is 8.06. The fourth-order valence-electron chi connectivity index (χ4n) is 5.79. The van der Waals surface area contributed by atoms with Crippen LogP contribution < -0.4 is 5.32 Å². The number of ether oxygens (including phenoxy) is 2. The second kappa shape index (κ2) is 10.7. The van der Waals surface area contributed by atoms with Crippen molar-refractivity contribution >= 4 is 17.4 Å². The van der Waals surface area contributed by atoms with Crippen LogP contribution in [0.25, 0.3) is 16.6 Å². The highest BCUT2D eigenvalue weighted by atomic mass is 16.5. The number of fused-ring (bicyclic) bond motifs is 2. The Balaban J connectivity index is 1.36. The Bertz CT molecular complexity index is 1500. The molecular formula is C28H37N9O3. The molecule has 1 unspecified atom stereocenters. The molecule has 5 heterocycles. The lowest BCUT2D eigenvalue weighted by molar-refractivity contribution is -0.143. The maximum atomic E-state index is 13.4. The molecule has 0 bridgehead atoms. The van der Waals surface area contributed by atoms with Gasteiger partial charge in [0, 0.05) is 60.9 Å². The first kappa shape index (κ1) is 26.5. The van der Waals surface area contributed by atoms with Gasteiger partial charge < -0.3 is 19.7 Å². The van der Waals surface area contributed by atoms with Crippen LogP contribution in [0, 0.1) is 0 Å². The normalized spacial score (nSPS) is 18.6. The minimum atomic E-state index is -0.834. The molecule has 6 rings (SSSR count). The Labute approximate surface area is 233 Å². The monoisotopic (exact) mass is 547 g/mol. The molecule has 2 N–H and O–H groups in total. The zero-order chi connectivity index (χ0) is 27.9. The van der Waals surface area contributed by atoms with E-state index < -0.39 is 5.54 Å². The average Bonchev–Trinajstić information content (AvgIpc) is 3.71. The lowest BCUT2D eigenvalue weighted by Gasteiger charge is -2.34. The smallest absolute Gasteiger partial charge is 0.250 e. The molecule has 1 amide bonds. The second-order valence-electron chi connectivity index (χ2n) is 11.3. The Morgan fingerprint density at radius 2 is 2.10 bits per heavy atom. The third-order valence-electron chi connectivity index (χ3n) is 8.06. The molecule has 4 aromatic heterocycles. The summed E-state index contributed by atoms with van der Waals surface area (Å²) in [5.41, 5.74) is 5.56. The van der Waals surface area contributed by atoms with E-state index in [9.17, 15) is 4.79 Å². The van der Waals surface area contributed by atoms with Crippen LogP contribution in [-0.2, 0) is 32.6 Å². The van der Waals surface area contributed by atoms with Crippen molar-refractivity contribution in [2.75, 3.05) is 45.3 Å². The van der Waals surface area contributed by atoms with E-state index in [2.05, 4.69) is 31.7 Å². The molecule has 12 heteroatoms. The van der Waals surface area contributed by atoms with Gasteiger partial charge in [0.15, 0.2) is 0 Å². The molecule has 4 aromatic rings. The van der Waals surface area contributed by atoms with Gasteiger partial charge in [-0.1, -0.05) is 0 Å². The molecular weight excluding hydrogens is 510 g/mol. The molecule has 0 aromatic carbocycles. The first-order valence-electron chi connectivity index (χ1n) is 13.9. The zero-order valence-corrected chi connectivity index (χ0v) is 23.6. The molecule has 1 aliphatic carbocycles. The topological polar surface area (TPSA) is 127 Å². The minimum Gasteiger partial charge on any atom is -0.383 e. The van der Waals surface area contributed by atoms with Gasteiger partial charge in [0.1, 0.15) is 5.54 Å². The molecule has 0 radical (unpaired) electrons. The Kier molecular flexibility index (Phi) is 7.05. The number of aryl methyl sites for hydroxylation is 1. The van der Waals surface area contributed by atoms with Crippen LogP contribution in [0.1, 0.15) is 50.1 Å². The third kappa shape index (κ3) is 4.86. The molecule has 40 heavy (non-hydrogen) atoms. The molecule has 2 aliphatic rings. The molecule has 12 nitrogen and oxygen atoms in total. The molecule has 2 atom stereocenters. The van der Waals surface area contributed by atoms with Crippen molar-refractivity contribution in [2.24, 2.45) is 0 Å². The minimum absolute atomic E-state index is 0.0367. The summed E-state index contributed by atoms with van der Waals surface area (Å²) in [6.07, 6.45) is 10.4. The number of methoxy groups -OCH3 is 1. The number of hydrogen-bond acceptors (Lipinski definition) is 8. The lowest BCUT2D eigenvalue weighted by atomic mass is 9.86. The van der Waals surface area contributed by atoms with Crippen LogP contribution in [0.2, 0.25) is 0 Å². The number of aromatic nitrogens is 7. The predicted octanol–water partition coefficient (Wildman–Crippen LogP) is 2.63. The van der Waals surface area contributed by atoms with Gasteiger partial charge in [0.05, 0.1) is 43.9 Å². The SMILES string of the molecule is COC[C@H](C)Nc1ncc2c(-c3cnn(C(C)(C)C(=O)N4CCOCC4)c3)cc(C3CCc4cn[nH]c4C3)n2n1. The number of H-pyrrole nitrogens is 1. The standard InChI is InChI=1S/C28H37N9O3/c1-18(17-39-4)32-27-29-15-25-22(12-24(37(25)34-27)19-5-6-20-13-30-33-23(20)11-19)21-14-31-36(16-21)28(2,3)26(38)35-7-9-40-10-8-35/h12-16,18-19H,5-11,17H2,1-4H3,(H,30,33)(H,32,34)/t18-,19?/m0/s1. The van der Waals surface area contributed by atoms with Crippen molar-refractivity contribution in [2.45, 2.75) is 57.5 Å². The number of aromatic amines is 1. The maximum absolute atomic E-state index is 13.4. The highest BCUT2D eigenvalue weighted by Crippen LogP contribution is 2.37. The van der Waals surface area contributed by atoms with Crippen molar-refractivity contribution in [3.8, 4) is 11.1 Å². The van der Waals surface area contributed by atoms with Crippen LogP contribution in [-0.4, -0.2) is 91.4 Å². The maximum Gasteiger partial charge on any atom is 0.250 e. The van der Waals surface area contributed by atoms with Gasteiger partial charge in [-0.25, -0.2) is 9.50 Å². The summed E-state index contributed by atoms with van der Waals surface area (Å²) in [6.45, 7) is 8.74. The van der Waals surface area contributed by atoms with Gasteiger partial charge in [-0.15, -0.1) is 5.10 Å². The van der Waals surface area contributed by atoms with Gasteiger partial charge in [-0.3, -0.25) is 14.6 Å². The first-order valence-corrected chi connectivity index (χ1v) is 13.9. The largest absolute Gasteiger partial charge is 0.383 e. The van der Waals surface area contributed by atoms with E-state index >= 15 is 0 Å². The van der Waals surface area contributed by atoms with Crippen LogP contribution in [0.4, 0.5) is 5.95 Å². The lowest BCUT2D eigenvalue weighted by Crippen LogP contribution is -2.51. The molecule has 1 fully saturated rings. The van der Waals surface area contributed by atoms with E-state index in [1.165, 1.54) is 11.3 Å². The number of rotatable bonds is 8. The highest BCUT2D eigenvalue weighted by Gasteiger charge is 2.36. The molecule has 0 spiro atoms. The van der Waals surface area contributed by atoms with E-state index in [-0.39, 0.29) is 17.9 Å². The number of anilines is 1. The number of amides is 1. The van der Waals surface area contributed by atoms with Crippen LogP contribution in [0.5, 0.6) is 0 Å². The average molecular weight is 548 g/mol. The first-order chi connectivity index (χ1) is 19.3. The Hall–Kier alpha value is -3.77. The van der Waals surface area contributed by atoms with E-state index in [0.29, 0.717) is 38.9 Å². The number of carbonyl (C=O) groups is 1. The fourth-order valence-corrected chi connectivity index (χ4v) is 5.79. The van der Waals surface area contributed by atoms with E-state index in [1.54, 1.807) is 11.8 Å². The summed E-state index contributed by atoms with van der Waals surface area (Å²) < 4.78 is 14.5. The summed E-state index contributed by atoms with van der Waals surface area (Å²) in [7, 11) is 1.68. The van der Waals surface area contributed by atoms with Gasteiger partial charge in [0.25, 0.3) is 0 Å². The van der Waals surface area contributed by atoms with Crippen molar-refractivity contribution in [1.82, 2.24) is 39.5 Å². The number of carbonyl (C=O) groups excluding carboxylic acids is 1. The van der Waals surface area contributed by atoms with Crippen LogP contribution in [0.15, 0.2) is 30.9 Å². The summed E-state index contributed by atoms with van der Waals surface area (Å²) >= 11 is 0. The van der Waals surface area contributed by atoms with Gasteiger partial charge in [0.2, 0.25) is 11.9 Å². The number of hydrogen-bond donors (Lipinski definition) is 2. The van der Waals surface area contributed by atoms with E-state index in [1.807, 2.05) is 55.0 Å². The van der Waals surface area contributed by atoms with Crippen molar-refractivity contribution < 1.29 is 14.3 Å². The number of morpholine rings is 1. The number of nitrogens with zero attached hydrogens (tertiary/aromatic N) is 7. The van der Waals surface area contributed by atoms with E-state index in [4.69, 9.17) is 14.6 Å². The van der Waals surface area contributed by atoms with Crippen LogP contribution >= 0.6 is 0 Å². The van der Waals surface area contributed by atoms with Crippen molar-refractivity contribution in [3.05, 3.63) is 47.8 Å². The molecule has 1 saturated heterocycles. The van der Waals surface area contributed by atoms with Gasteiger partial charge in [-0.05, 0) is 51.7 Å². The summed E-state index contributed by atoms with van der Waals surface area (Å²) in [6, 6.07) is 2.27. The Morgan fingerprint density at radius 1 is 1.27 bits per heavy atom. The van der Waals surface area contributed by atoms with Crippen molar-refractivity contribution in [3.63, 3.8) is 0 Å². The van der Waals surface area contributed by atoms with Crippen molar-refractivity contribution in [1.29, 1.82) is 0 Å². The summed E-state index contributed by atoms with van der Waals surface area (Å²) in [5, 5.41) is 20.4. The molecule has 1 aliphatic heterocycles. The second-order valence-corrected chi connectivity index (χ2v) is 11.3. The van der Waals surface area contributed by atoms with Gasteiger partial charge in [-0.2, -0.15) is 10.2 Å². The molecule has 0 saturated carbocycles.